The summed E-state index contributed by atoms with van der Waals surface area (Å²) in [4.78, 5) is 15.7. The lowest BCUT2D eigenvalue weighted by Gasteiger charge is -2.11. The Balaban J connectivity index is 2.44. The van der Waals surface area contributed by atoms with E-state index in [1.807, 2.05) is 44.2 Å². The normalized spacial score (nSPS) is 10.5. The molecule has 0 aliphatic rings. The number of nitrogen functional groups attached to an aromatic ring is 1. The van der Waals surface area contributed by atoms with Crippen molar-refractivity contribution in [3.8, 4) is 0 Å². The zero-order chi connectivity index (χ0) is 12.4. The first-order valence-corrected chi connectivity index (χ1v) is 5.46. The smallest absolute Gasteiger partial charge is 0.348 e. The second-order valence-electron chi connectivity index (χ2n) is 4.11. The Kier molecular flexibility index (Phi) is 2.95. The summed E-state index contributed by atoms with van der Waals surface area (Å²) in [5.74, 6) is 0. The van der Waals surface area contributed by atoms with E-state index in [0.29, 0.717) is 12.2 Å². The predicted molar refractivity (Wildman–Crippen MR) is 67.9 cm³/mol. The zero-order valence-electron chi connectivity index (χ0n) is 9.97. The fourth-order valence-corrected chi connectivity index (χ4v) is 1.82. The summed E-state index contributed by atoms with van der Waals surface area (Å²) >= 11 is 0. The Morgan fingerprint density at radius 3 is 2.65 bits per heavy atom. The molecule has 1 aromatic carbocycles. The maximum atomic E-state index is 11.8. The molecule has 0 aliphatic carbocycles. The first-order valence-electron chi connectivity index (χ1n) is 5.46. The zero-order valence-corrected chi connectivity index (χ0v) is 9.97. The van der Waals surface area contributed by atoms with Gasteiger partial charge in [0.1, 0.15) is 0 Å². The molecule has 88 valence electrons. The number of hydrogen-bond donors (Lipinski definition) is 1. The highest BCUT2D eigenvalue weighted by molar-refractivity contribution is 5.46. The largest absolute Gasteiger partial charge is 0.398 e. The minimum Gasteiger partial charge on any atom is -0.398 e. The second kappa shape index (κ2) is 4.41. The van der Waals surface area contributed by atoms with Gasteiger partial charge in [0.25, 0.3) is 0 Å². The fraction of sp³-hybridized carbons (Fsp3) is 0.231. The molecule has 0 spiro atoms. The van der Waals surface area contributed by atoms with E-state index < -0.39 is 0 Å². The molecule has 0 aliphatic heterocycles. The van der Waals surface area contributed by atoms with Crippen LogP contribution in [-0.4, -0.2) is 9.55 Å². The van der Waals surface area contributed by atoms with Crippen LogP contribution < -0.4 is 11.4 Å². The SMILES string of the molecule is Cc1cc(C)n(Cc2ccccc2N)c(=O)n1. The molecule has 0 saturated heterocycles. The van der Waals surface area contributed by atoms with Gasteiger partial charge in [0.2, 0.25) is 0 Å². The molecule has 1 aromatic heterocycles. The van der Waals surface area contributed by atoms with E-state index in [2.05, 4.69) is 4.98 Å². The number of nitrogens with zero attached hydrogens (tertiary/aromatic N) is 2. The molecule has 4 nitrogen and oxygen atoms in total. The van der Waals surface area contributed by atoms with E-state index in [9.17, 15) is 4.79 Å². The lowest BCUT2D eigenvalue weighted by molar-refractivity contribution is 0.695. The van der Waals surface area contributed by atoms with Crippen molar-refractivity contribution in [2.75, 3.05) is 5.73 Å². The molecule has 0 saturated carbocycles. The molecular formula is C13H15N3O. The number of hydrogen-bond acceptors (Lipinski definition) is 3. The van der Waals surface area contributed by atoms with Gasteiger partial charge in [-0.3, -0.25) is 4.57 Å². The highest BCUT2D eigenvalue weighted by Crippen LogP contribution is 2.12. The number of anilines is 1. The number of benzene rings is 1. The van der Waals surface area contributed by atoms with E-state index in [0.717, 1.165) is 17.0 Å². The Labute approximate surface area is 99.7 Å². The third kappa shape index (κ3) is 2.36. The fourth-order valence-electron chi connectivity index (χ4n) is 1.82. The predicted octanol–water partition coefficient (Wildman–Crippen LogP) is 1.49. The van der Waals surface area contributed by atoms with Crippen molar-refractivity contribution in [2.24, 2.45) is 0 Å². The molecule has 0 atom stereocenters. The lowest BCUT2D eigenvalue weighted by atomic mass is 10.2. The number of aryl methyl sites for hydroxylation is 2. The van der Waals surface area contributed by atoms with Gasteiger partial charge < -0.3 is 5.73 Å². The molecule has 0 bridgehead atoms. The summed E-state index contributed by atoms with van der Waals surface area (Å²) in [6.07, 6.45) is 0. The molecule has 17 heavy (non-hydrogen) atoms. The summed E-state index contributed by atoms with van der Waals surface area (Å²) < 4.78 is 1.62. The van der Waals surface area contributed by atoms with Gasteiger partial charge in [0.15, 0.2) is 0 Å². The monoisotopic (exact) mass is 229 g/mol. The van der Waals surface area contributed by atoms with Crippen LogP contribution in [-0.2, 0) is 6.54 Å². The topological polar surface area (TPSA) is 60.9 Å². The van der Waals surface area contributed by atoms with Crippen molar-refractivity contribution in [2.45, 2.75) is 20.4 Å². The molecule has 0 fully saturated rings. The van der Waals surface area contributed by atoms with Crippen molar-refractivity contribution in [1.82, 2.24) is 9.55 Å². The third-order valence-electron chi connectivity index (χ3n) is 2.73. The van der Waals surface area contributed by atoms with Crippen molar-refractivity contribution < 1.29 is 0 Å². The van der Waals surface area contributed by atoms with Crippen LogP contribution in [0.2, 0.25) is 0 Å². The Morgan fingerprint density at radius 1 is 1.29 bits per heavy atom. The van der Waals surface area contributed by atoms with Crippen LogP contribution in [0.15, 0.2) is 35.1 Å². The average Bonchev–Trinajstić information content (AvgIpc) is 2.25. The van der Waals surface area contributed by atoms with Gasteiger partial charge in [-0.2, -0.15) is 4.98 Å². The molecule has 2 N–H and O–H groups in total. The molecule has 4 heteroatoms. The highest BCUT2D eigenvalue weighted by Gasteiger charge is 2.05. The average molecular weight is 229 g/mol. The molecule has 1 heterocycles. The van der Waals surface area contributed by atoms with E-state index in [-0.39, 0.29) is 5.69 Å². The Bertz CT molecular complexity index is 602. The summed E-state index contributed by atoms with van der Waals surface area (Å²) in [6, 6.07) is 9.43. The molecule has 0 unspecified atom stereocenters. The third-order valence-corrected chi connectivity index (χ3v) is 2.73. The van der Waals surface area contributed by atoms with Crippen molar-refractivity contribution in [1.29, 1.82) is 0 Å². The van der Waals surface area contributed by atoms with Gasteiger partial charge in [-0.25, -0.2) is 4.79 Å². The molecule has 2 aromatic rings. The first kappa shape index (κ1) is 11.4. The molecule has 0 radical (unpaired) electrons. The number of aromatic nitrogens is 2. The second-order valence-corrected chi connectivity index (χ2v) is 4.11. The standard InChI is InChI=1S/C13H15N3O/c1-9-7-10(2)16(13(17)15-9)8-11-5-3-4-6-12(11)14/h3-7H,8,14H2,1-2H3. The maximum Gasteiger partial charge on any atom is 0.348 e. The van der Waals surface area contributed by atoms with Crippen molar-refractivity contribution in [3.63, 3.8) is 0 Å². The summed E-state index contributed by atoms with van der Waals surface area (Å²) in [7, 11) is 0. The van der Waals surface area contributed by atoms with E-state index in [1.54, 1.807) is 4.57 Å². The molecule has 2 rings (SSSR count). The van der Waals surface area contributed by atoms with E-state index in [4.69, 9.17) is 5.73 Å². The first-order chi connectivity index (χ1) is 8.08. The number of para-hydroxylation sites is 1. The van der Waals surface area contributed by atoms with Crippen LogP contribution in [0.5, 0.6) is 0 Å². The minimum atomic E-state index is -0.231. The quantitative estimate of drug-likeness (QED) is 0.794. The van der Waals surface area contributed by atoms with E-state index >= 15 is 0 Å². The summed E-state index contributed by atoms with van der Waals surface area (Å²) in [5.41, 5.74) is 8.89. The highest BCUT2D eigenvalue weighted by atomic mass is 16.1. The van der Waals surface area contributed by atoms with Crippen LogP contribution in [0.4, 0.5) is 5.69 Å². The molecule has 0 amide bonds. The summed E-state index contributed by atoms with van der Waals surface area (Å²) in [6.45, 7) is 4.18. The number of nitrogens with two attached hydrogens (primary N) is 1. The summed E-state index contributed by atoms with van der Waals surface area (Å²) in [5, 5.41) is 0. The Morgan fingerprint density at radius 2 is 2.00 bits per heavy atom. The van der Waals surface area contributed by atoms with Crippen LogP contribution >= 0.6 is 0 Å². The molecular weight excluding hydrogens is 214 g/mol. The van der Waals surface area contributed by atoms with Crippen LogP contribution in [0.25, 0.3) is 0 Å². The van der Waals surface area contributed by atoms with Gasteiger partial charge in [-0.1, -0.05) is 18.2 Å². The van der Waals surface area contributed by atoms with Crippen molar-refractivity contribution in [3.05, 3.63) is 57.8 Å². The van der Waals surface area contributed by atoms with Crippen molar-refractivity contribution >= 4 is 5.69 Å². The Hall–Kier alpha value is -2.10. The van der Waals surface area contributed by atoms with Crippen LogP contribution in [0.1, 0.15) is 17.0 Å². The van der Waals surface area contributed by atoms with Gasteiger partial charge in [-0.15, -0.1) is 0 Å². The maximum absolute atomic E-state index is 11.8. The van der Waals surface area contributed by atoms with Gasteiger partial charge >= 0.3 is 5.69 Å². The van der Waals surface area contributed by atoms with Gasteiger partial charge in [0.05, 0.1) is 6.54 Å². The van der Waals surface area contributed by atoms with Gasteiger partial charge in [-0.05, 0) is 31.5 Å². The van der Waals surface area contributed by atoms with Crippen LogP contribution in [0, 0.1) is 13.8 Å². The van der Waals surface area contributed by atoms with E-state index in [1.165, 1.54) is 0 Å². The van der Waals surface area contributed by atoms with Crippen LogP contribution in [0.3, 0.4) is 0 Å². The minimum absolute atomic E-state index is 0.231. The van der Waals surface area contributed by atoms with Gasteiger partial charge in [0, 0.05) is 17.1 Å². The number of rotatable bonds is 2. The lowest BCUT2D eigenvalue weighted by Crippen LogP contribution is -2.26.